The predicted molar refractivity (Wildman–Crippen MR) is 92.1 cm³/mol. The first-order chi connectivity index (χ1) is 10.3. The maximum atomic E-state index is 6.04. The Morgan fingerprint density at radius 1 is 1.19 bits per heavy atom. The first-order valence-corrected chi connectivity index (χ1v) is 9.22. The lowest BCUT2D eigenvalue weighted by Crippen LogP contribution is -2.47. The summed E-state index contributed by atoms with van der Waals surface area (Å²) in [5.41, 5.74) is 8.74. The summed E-state index contributed by atoms with van der Waals surface area (Å²) < 4.78 is 0. The summed E-state index contributed by atoms with van der Waals surface area (Å²) in [6.07, 6.45) is 2.90. The molecule has 3 rings (SSSR count). The van der Waals surface area contributed by atoms with Gasteiger partial charge in [-0.3, -0.25) is 4.90 Å². The maximum absolute atomic E-state index is 6.04. The van der Waals surface area contributed by atoms with Crippen molar-refractivity contribution in [3.63, 3.8) is 0 Å². The number of rotatable bonds is 6. The summed E-state index contributed by atoms with van der Waals surface area (Å²) in [4.78, 5) is 6.53. The van der Waals surface area contributed by atoms with Crippen LogP contribution in [0.1, 0.15) is 25.3 Å². The van der Waals surface area contributed by atoms with Crippen LogP contribution < -0.4 is 10.6 Å². The summed E-state index contributed by atoms with van der Waals surface area (Å²) >= 11 is 1.90. The third kappa shape index (κ3) is 3.74. The molecule has 0 spiro atoms. The fourth-order valence-corrected chi connectivity index (χ4v) is 4.03. The summed E-state index contributed by atoms with van der Waals surface area (Å²) in [6.45, 7) is 8.84. The van der Waals surface area contributed by atoms with Crippen LogP contribution in [0.3, 0.4) is 0 Å². The van der Waals surface area contributed by atoms with Crippen molar-refractivity contribution in [2.75, 3.05) is 43.4 Å². The Kier molecular flexibility index (Phi) is 5.09. The Bertz CT molecular complexity index is 465. The highest BCUT2D eigenvalue weighted by atomic mass is 32.2. The molecule has 1 aliphatic carbocycles. The number of thioether (sulfide) groups is 1. The average Bonchev–Trinajstić information content (AvgIpc) is 3.32. The number of nitrogens with two attached hydrogens (primary N) is 1. The van der Waals surface area contributed by atoms with Gasteiger partial charge in [0.25, 0.3) is 0 Å². The molecular weight excluding hydrogens is 278 g/mol. The Balaban J connectivity index is 1.67. The van der Waals surface area contributed by atoms with Crippen LogP contribution in [0.15, 0.2) is 23.1 Å². The highest BCUT2D eigenvalue weighted by Crippen LogP contribution is 2.32. The van der Waals surface area contributed by atoms with Crippen LogP contribution in [-0.2, 0) is 6.54 Å². The number of hydrogen-bond donors (Lipinski definition) is 1. The highest BCUT2D eigenvalue weighted by molar-refractivity contribution is 7.99. The summed E-state index contributed by atoms with van der Waals surface area (Å²) in [5, 5.41) is 0. The molecule has 2 fully saturated rings. The fraction of sp³-hybridized carbons (Fsp3) is 0.647. The molecule has 0 unspecified atom stereocenters. The minimum Gasteiger partial charge on any atom is -0.369 e. The van der Waals surface area contributed by atoms with Crippen molar-refractivity contribution in [2.45, 2.75) is 31.2 Å². The van der Waals surface area contributed by atoms with Crippen molar-refractivity contribution >= 4 is 17.4 Å². The summed E-state index contributed by atoms with van der Waals surface area (Å²) in [5.74, 6) is 2.10. The van der Waals surface area contributed by atoms with Crippen molar-refractivity contribution < 1.29 is 0 Å². The molecule has 0 atom stereocenters. The Labute approximate surface area is 132 Å². The van der Waals surface area contributed by atoms with E-state index in [0.29, 0.717) is 6.54 Å². The van der Waals surface area contributed by atoms with Gasteiger partial charge in [0.1, 0.15) is 0 Å². The monoisotopic (exact) mass is 305 g/mol. The van der Waals surface area contributed by atoms with Gasteiger partial charge in [0.05, 0.1) is 0 Å². The van der Waals surface area contributed by atoms with Crippen molar-refractivity contribution in [3.8, 4) is 0 Å². The lowest BCUT2D eigenvalue weighted by atomic mass is 10.1. The first-order valence-electron chi connectivity index (χ1n) is 8.24. The fourth-order valence-electron chi connectivity index (χ4n) is 3.18. The molecule has 1 aliphatic heterocycles. The zero-order valence-electron chi connectivity index (χ0n) is 13.1. The van der Waals surface area contributed by atoms with E-state index in [0.717, 1.165) is 24.8 Å². The zero-order valence-corrected chi connectivity index (χ0v) is 13.9. The second-order valence-corrected chi connectivity index (χ2v) is 7.43. The highest BCUT2D eigenvalue weighted by Gasteiger charge is 2.27. The third-order valence-electron chi connectivity index (χ3n) is 4.54. The molecule has 2 N–H and O–H groups in total. The van der Waals surface area contributed by atoms with Gasteiger partial charge in [-0.15, -0.1) is 11.8 Å². The lowest BCUT2D eigenvalue weighted by molar-refractivity contribution is 0.248. The Hall–Kier alpha value is -0.710. The molecule has 116 valence electrons. The molecule has 0 amide bonds. The molecule has 3 nitrogen and oxygen atoms in total. The van der Waals surface area contributed by atoms with E-state index in [4.69, 9.17) is 5.73 Å². The van der Waals surface area contributed by atoms with Gasteiger partial charge in [-0.05, 0) is 36.6 Å². The standard InChI is InChI=1S/C17H27N3S/c1-2-21-17-5-3-4-16(15(17)12-18)20-10-8-19(9-11-20)13-14-6-7-14/h3-5,14H,2,6-13,18H2,1H3. The van der Waals surface area contributed by atoms with E-state index < -0.39 is 0 Å². The number of benzene rings is 1. The number of anilines is 1. The van der Waals surface area contributed by atoms with E-state index in [1.807, 2.05) is 11.8 Å². The van der Waals surface area contributed by atoms with Gasteiger partial charge in [-0.2, -0.15) is 0 Å². The maximum Gasteiger partial charge on any atom is 0.0423 e. The van der Waals surface area contributed by atoms with Gasteiger partial charge in [-0.25, -0.2) is 0 Å². The molecular formula is C17H27N3S. The van der Waals surface area contributed by atoms with Crippen LogP contribution in [0.4, 0.5) is 5.69 Å². The van der Waals surface area contributed by atoms with E-state index in [-0.39, 0.29) is 0 Å². The normalized spacial score (nSPS) is 20.0. The smallest absolute Gasteiger partial charge is 0.0423 e. The first kappa shape index (κ1) is 15.2. The molecule has 1 heterocycles. The number of piperazine rings is 1. The van der Waals surface area contributed by atoms with Gasteiger partial charge in [-0.1, -0.05) is 13.0 Å². The van der Waals surface area contributed by atoms with E-state index in [1.54, 1.807) is 0 Å². The number of hydrogen-bond acceptors (Lipinski definition) is 4. The molecule has 4 heteroatoms. The van der Waals surface area contributed by atoms with Crippen LogP contribution >= 0.6 is 11.8 Å². The minimum atomic E-state index is 0.640. The van der Waals surface area contributed by atoms with Crippen LogP contribution in [0, 0.1) is 5.92 Å². The third-order valence-corrected chi connectivity index (χ3v) is 5.52. The predicted octanol–water partition coefficient (Wildman–Crippen LogP) is 2.79. The molecule has 1 aromatic carbocycles. The lowest BCUT2D eigenvalue weighted by Gasteiger charge is -2.37. The summed E-state index contributed by atoms with van der Waals surface area (Å²) in [7, 11) is 0. The van der Waals surface area contributed by atoms with E-state index in [2.05, 4.69) is 34.9 Å². The topological polar surface area (TPSA) is 32.5 Å². The van der Waals surface area contributed by atoms with Crippen LogP contribution in [-0.4, -0.2) is 43.4 Å². The van der Waals surface area contributed by atoms with Gasteiger partial charge in [0.2, 0.25) is 0 Å². The Morgan fingerprint density at radius 2 is 1.95 bits per heavy atom. The molecule has 1 aromatic rings. The largest absolute Gasteiger partial charge is 0.369 e. The van der Waals surface area contributed by atoms with Gasteiger partial charge in [0.15, 0.2) is 0 Å². The number of nitrogens with zero attached hydrogens (tertiary/aromatic N) is 2. The van der Waals surface area contributed by atoms with Crippen molar-refractivity contribution in [1.82, 2.24) is 4.90 Å². The molecule has 0 aromatic heterocycles. The second kappa shape index (κ2) is 7.03. The summed E-state index contributed by atoms with van der Waals surface area (Å²) in [6, 6.07) is 6.64. The molecule has 0 radical (unpaired) electrons. The SMILES string of the molecule is CCSc1cccc(N2CCN(CC3CC3)CC2)c1CN. The quantitative estimate of drug-likeness (QED) is 0.819. The van der Waals surface area contributed by atoms with Gasteiger partial charge >= 0.3 is 0 Å². The molecule has 21 heavy (non-hydrogen) atoms. The van der Waals surface area contributed by atoms with Crippen molar-refractivity contribution in [1.29, 1.82) is 0 Å². The average molecular weight is 305 g/mol. The molecule has 2 aliphatic rings. The van der Waals surface area contributed by atoms with E-state index in [1.165, 1.54) is 48.6 Å². The van der Waals surface area contributed by atoms with Gasteiger partial charge in [0, 0.05) is 55.4 Å². The minimum absolute atomic E-state index is 0.640. The van der Waals surface area contributed by atoms with Crippen LogP contribution in [0.2, 0.25) is 0 Å². The van der Waals surface area contributed by atoms with Crippen molar-refractivity contribution in [3.05, 3.63) is 23.8 Å². The molecule has 1 saturated carbocycles. The van der Waals surface area contributed by atoms with Crippen LogP contribution in [0.5, 0.6) is 0 Å². The molecule has 0 bridgehead atoms. The van der Waals surface area contributed by atoms with E-state index >= 15 is 0 Å². The van der Waals surface area contributed by atoms with Crippen LogP contribution in [0.25, 0.3) is 0 Å². The zero-order chi connectivity index (χ0) is 14.7. The second-order valence-electron chi connectivity index (χ2n) is 6.12. The Morgan fingerprint density at radius 3 is 2.57 bits per heavy atom. The van der Waals surface area contributed by atoms with Gasteiger partial charge < -0.3 is 10.6 Å². The van der Waals surface area contributed by atoms with Crippen molar-refractivity contribution in [2.24, 2.45) is 11.7 Å². The molecule has 1 saturated heterocycles. The van der Waals surface area contributed by atoms with E-state index in [9.17, 15) is 0 Å².